The molecule has 60 valence electrons. The fourth-order valence-corrected chi connectivity index (χ4v) is 0.998. The number of aromatic amines is 1. The van der Waals surface area contributed by atoms with Gasteiger partial charge in [0.2, 0.25) is 0 Å². The van der Waals surface area contributed by atoms with Crippen molar-refractivity contribution in [2.45, 2.75) is 6.92 Å². The highest BCUT2D eigenvalue weighted by Gasteiger charge is 2.00. The summed E-state index contributed by atoms with van der Waals surface area (Å²) in [5.41, 5.74) is 2.68. The predicted molar refractivity (Wildman–Crippen MR) is 44.4 cm³/mol. The average Bonchev–Trinajstić information content (AvgIpc) is 2.54. The summed E-state index contributed by atoms with van der Waals surface area (Å²) in [6.07, 6.45) is 1.65. The summed E-state index contributed by atoms with van der Waals surface area (Å²) < 4.78 is 0. The molecule has 2 aromatic heterocycles. The van der Waals surface area contributed by atoms with Gasteiger partial charge in [0.15, 0.2) is 0 Å². The van der Waals surface area contributed by atoms with E-state index in [-0.39, 0.29) is 0 Å². The molecule has 0 radical (unpaired) electrons. The number of aromatic nitrogens is 4. The van der Waals surface area contributed by atoms with E-state index in [0.717, 1.165) is 17.1 Å². The third-order valence-electron chi connectivity index (χ3n) is 1.55. The van der Waals surface area contributed by atoms with Gasteiger partial charge in [0.05, 0.1) is 11.4 Å². The van der Waals surface area contributed by atoms with Crippen molar-refractivity contribution in [2.75, 3.05) is 0 Å². The number of nitrogens with zero attached hydrogens (tertiary/aromatic N) is 3. The van der Waals surface area contributed by atoms with Gasteiger partial charge in [0.25, 0.3) is 0 Å². The molecule has 0 aliphatic heterocycles. The van der Waals surface area contributed by atoms with E-state index in [1.165, 1.54) is 0 Å². The molecule has 0 spiro atoms. The first-order chi connectivity index (χ1) is 5.86. The highest BCUT2D eigenvalue weighted by atomic mass is 15.1. The van der Waals surface area contributed by atoms with Crippen LogP contribution in [0.2, 0.25) is 0 Å². The molecule has 0 fully saturated rings. The number of hydrogen-bond donors (Lipinski definition) is 1. The van der Waals surface area contributed by atoms with Gasteiger partial charge in [-0.25, -0.2) is 0 Å². The van der Waals surface area contributed by atoms with Gasteiger partial charge in [-0.15, -0.1) is 5.10 Å². The average molecular weight is 160 g/mol. The molecule has 2 rings (SSSR count). The van der Waals surface area contributed by atoms with E-state index >= 15 is 0 Å². The van der Waals surface area contributed by atoms with Gasteiger partial charge in [-0.05, 0) is 25.1 Å². The number of hydrogen-bond acceptors (Lipinski definition) is 3. The maximum atomic E-state index is 4.00. The SMILES string of the molecule is Cc1cc(-c2cccnn2)[nH]n1. The van der Waals surface area contributed by atoms with Crippen LogP contribution in [0.3, 0.4) is 0 Å². The fourth-order valence-electron chi connectivity index (χ4n) is 0.998. The van der Waals surface area contributed by atoms with Crippen molar-refractivity contribution in [3.63, 3.8) is 0 Å². The third-order valence-corrected chi connectivity index (χ3v) is 1.55. The van der Waals surface area contributed by atoms with Crippen molar-refractivity contribution in [3.05, 3.63) is 30.1 Å². The maximum absolute atomic E-state index is 4.00. The monoisotopic (exact) mass is 160 g/mol. The van der Waals surface area contributed by atoms with Crippen LogP contribution < -0.4 is 0 Å². The Kier molecular flexibility index (Phi) is 1.59. The van der Waals surface area contributed by atoms with Crippen LogP contribution in [-0.4, -0.2) is 20.4 Å². The first kappa shape index (κ1) is 6.97. The summed E-state index contributed by atoms with van der Waals surface area (Å²) in [5.74, 6) is 0. The van der Waals surface area contributed by atoms with E-state index in [1.54, 1.807) is 6.20 Å². The van der Waals surface area contributed by atoms with E-state index in [4.69, 9.17) is 0 Å². The minimum Gasteiger partial charge on any atom is -0.276 e. The molecule has 0 saturated carbocycles. The van der Waals surface area contributed by atoms with Gasteiger partial charge in [0.1, 0.15) is 5.69 Å². The molecule has 0 aliphatic rings. The Morgan fingerprint density at radius 2 is 2.33 bits per heavy atom. The zero-order valence-electron chi connectivity index (χ0n) is 6.65. The second-order valence-electron chi connectivity index (χ2n) is 2.53. The maximum Gasteiger partial charge on any atom is 0.111 e. The van der Waals surface area contributed by atoms with Crippen LogP contribution >= 0.6 is 0 Å². The standard InChI is InChI=1S/C8H8N4/c1-6-5-8(12-10-6)7-3-2-4-9-11-7/h2-5H,1H3,(H,10,12). The van der Waals surface area contributed by atoms with Crippen LogP contribution in [0, 0.1) is 6.92 Å². The van der Waals surface area contributed by atoms with Gasteiger partial charge in [-0.1, -0.05) is 0 Å². The largest absolute Gasteiger partial charge is 0.276 e. The summed E-state index contributed by atoms with van der Waals surface area (Å²) in [7, 11) is 0. The zero-order valence-corrected chi connectivity index (χ0v) is 6.65. The molecule has 4 nitrogen and oxygen atoms in total. The van der Waals surface area contributed by atoms with E-state index in [2.05, 4.69) is 20.4 Å². The lowest BCUT2D eigenvalue weighted by Crippen LogP contribution is -1.84. The molecular formula is C8H8N4. The molecular weight excluding hydrogens is 152 g/mol. The van der Waals surface area contributed by atoms with Crippen LogP contribution in [0.1, 0.15) is 5.69 Å². The molecule has 0 saturated heterocycles. The molecule has 0 atom stereocenters. The van der Waals surface area contributed by atoms with Gasteiger partial charge in [-0.2, -0.15) is 10.2 Å². The quantitative estimate of drug-likeness (QED) is 0.681. The van der Waals surface area contributed by atoms with Crippen LogP contribution in [-0.2, 0) is 0 Å². The van der Waals surface area contributed by atoms with Gasteiger partial charge in [-0.3, -0.25) is 5.10 Å². The number of nitrogens with one attached hydrogen (secondary N) is 1. The van der Waals surface area contributed by atoms with Crippen LogP contribution in [0.25, 0.3) is 11.4 Å². The first-order valence-electron chi connectivity index (χ1n) is 3.66. The van der Waals surface area contributed by atoms with Crippen molar-refractivity contribution in [2.24, 2.45) is 0 Å². The second kappa shape index (κ2) is 2.73. The Labute approximate surface area is 69.7 Å². The molecule has 0 amide bonds. The molecule has 0 aliphatic carbocycles. The minimum atomic E-state index is 0.818. The summed E-state index contributed by atoms with van der Waals surface area (Å²) >= 11 is 0. The Balaban J connectivity index is 2.45. The first-order valence-corrected chi connectivity index (χ1v) is 3.66. The van der Waals surface area contributed by atoms with E-state index < -0.39 is 0 Å². The van der Waals surface area contributed by atoms with E-state index in [1.807, 2.05) is 25.1 Å². The van der Waals surface area contributed by atoms with Crippen molar-refractivity contribution in [1.29, 1.82) is 0 Å². The highest BCUT2D eigenvalue weighted by Crippen LogP contribution is 2.12. The van der Waals surface area contributed by atoms with Gasteiger partial charge in [0, 0.05) is 6.20 Å². The van der Waals surface area contributed by atoms with Crippen molar-refractivity contribution >= 4 is 0 Å². The molecule has 2 heterocycles. The lowest BCUT2D eigenvalue weighted by atomic mass is 10.3. The Hall–Kier alpha value is -1.71. The fraction of sp³-hybridized carbons (Fsp3) is 0.125. The third kappa shape index (κ3) is 1.18. The molecule has 12 heavy (non-hydrogen) atoms. The number of H-pyrrole nitrogens is 1. The Morgan fingerprint density at radius 3 is 2.92 bits per heavy atom. The lowest BCUT2D eigenvalue weighted by molar-refractivity contribution is 1.01. The zero-order chi connectivity index (χ0) is 8.39. The normalized spacial score (nSPS) is 10.1. The number of rotatable bonds is 1. The van der Waals surface area contributed by atoms with Crippen molar-refractivity contribution in [3.8, 4) is 11.4 Å². The van der Waals surface area contributed by atoms with Crippen LogP contribution in [0.5, 0.6) is 0 Å². The molecule has 4 heteroatoms. The smallest absolute Gasteiger partial charge is 0.111 e. The molecule has 0 aromatic carbocycles. The van der Waals surface area contributed by atoms with Crippen LogP contribution in [0.4, 0.5) is 0 Å². The molecule has 0 bridgehead atoms. The van der Waals surface area contributed by atoms with Crippen molar-refractivity contribution in [1.82, 2.24) is 20.4 Å². The molecule has 0 unspecified atom stereocenters. The van der Waals surface area contributed by atoms with Gasteiger partial charge >= 0.3 is 0 Å². The van der Waals surface area contributed by atoms with Crippen molar-refractivity contribution < 1.29 is 0 Å². The van der Waals surface area contributed by atoms with E-state index in [9.17, 15) is 0 Å². The highest BCUT2D eigenvalue weighted by molar-refractivity contribution is 5.52. The molecule has 1 N–H and O–H groups in total. The Morgan fingerprint density at radius 1 is 1.42 bits per heavy atom. The Bertz CT molecular complexity index is 366. The van der Waals surface area contributed by atoms with E-state index in [0.29, 0.717) is 0 Å². The van der Waals surface area contributed by atoms with Gasteiger partial charge < -0.3 is 0 Å². The summed E-state index contributed by atoms with van der Waals surface area (Å²) in [4.78, 5) is 0. The topological polar surface area (TPSA) is 54.5 Å². The lowest BCUT2D eigenvalue weighted by Gasteiger charge is -1.90. The summed E-state index contributed by atoms with van der Waals surface area (Å²) in [6, 6.07) is 5.67. The predicted octanol–water partition coefficient (Wildman–Crippen LogP) is 1.18. The van der Waals surface area contributed by atoms with Crippen LogP contribution in [0.15, 0.2) is 24.4 Å². The summed E-state index contributed by atoms with van der Waals surface area (Å²) in [6.45, 7) is 1.93. The minimum absolute atomic E-state index is 0.818. The molecule has 2 aromatic rings. The number of aryl methyl sites for hydroxylation is 1. The summed E-state index contributed by atoms with van der Waals surface area (Å²) in [5, 5.41) is 14.6. The second-order valence-corrected chi connectivity index (χ2v) is 2.53.